The summed E-state index contributed by atoms with van der Waals surface area (Å²) < 4.78 is 26.8. The highest BCUT2D eigenvalue weighted by Crippen LogP contribution is 2.30. The molecule has 1 N–H and O–H groups in total. The molecule has 1 aromatic heterocycles. The fourth-order valence-corrected chi connectivity index (χ4v) is 5.46. The topological polar surface area (TPSA) is 66.5 Å². The number of rotatable bonds is 2. The first kappa shape index (κ1) is 13.0. The number of halogens is 1. The van der Waals surface area contributed by atoms with Gasteiger partial charge in [0.15, 0.2) is 0 Å². The molecule has 2 heterocycles. The molecule has 0 unspecified atom stereocenters. The van der Waals surface area contributed by atoms with Gasteiger partial charge >= 0.3 is 0 Å². The van der Waals surface area contributed by atoms with Crippen LogP contribution >= 0.6 is 27.3 Å². The molecule has 1 amide bonds. The largest absolute Gasteiger partial charge is 0.355 e. The summed E-state index contributed by atoms with van der Waals surface area (Å²) in [5.74, 6) is -0.104. The first-order valence-corrected chi connectivity index (χ1v) is 8.13. The highest BCUT2D eigenvalue weighted by Gasteiger charge is 2.29. The lowest BCUT2D eigenvalue weighted by Gasteiger charge is -2.18. The third-order valence-corrected chi connectivity index (χ3v) is 6.98. The normalized spacial score (nSPS) is 18.8. The van der Waals surface area contributed by atoms with Crippen molar-refractivity contribution >= 4 is 43.2 Å². The smallest absolute Gasteiger partial charge is 0.253 e. The molecule has 1 aliphatic heterocycles. The van der Waals surface area contributed by atoms with Gasteiger partial charge in [-0.2, -0.15) is 4.31 Å². The predicted octanol–water partition coefficient (Wildman–Crippen LogP) is 1.02. The van der Waals surface area contributed by atoms with Crippen molar-refractivity contribution in [1.82, 2.24) is 9.62 Å². The number of hydrogen-bond donors (Lipinski definition) is 1. The van der Waals surface area contributed by atoms with Crippen LogP contribution in [0, 0.1) is 0 Å². The van der Waals surface area contributed by atoms with Gasteiger partial charge in [0.1, 0.15) is 4.21 Å². The molecule has 0 radical (unpaired) electrons. The van der Waals surface area contributed by atoms with Gasteiger partial charge in [0.05, 0.1) is 0 Å². The first-order chi connectivity index (χ1) is 8.01. The van der Waals surface area contributed by atoms with Crippen LogP contribution in [0.3, 0.4) is 0 Å². The van der Waals surface area contributed by atoms with Crippen LogP contribution < -0.4 is 5.32 Å². The van der Waals surface area contributed by atoms with E-state index in [1.165, 1.54) is 15.6 Å². The van der Waals surface area contributed by atoms with Crippen molar-refractivity contribution in [3.8, 4) is 0 Å². The average Bonchev–Trinajstić information content (AvgIpc) is 2.57. The molecule has 0 aliphatic carbocycles. The summed E-state index contributed by atoms with van der Waals surface area (Å²) in [4.78, 5) is 11.2. The lowest BCUT2D eigenvalue weighted by molar-refractivity contribution is -0.120. The molecule has 0 aromatic carbocycles. The Balaban J connectivity index is 2.27. The van der Waals surface area contributed by atoms with Crippen LogP contribution in [0.2, 0.25) is 0 Å². The van der Waals surface area contributed by atoms with E-state index in [2.05, 4.69) is 21.2 Å². The van der Waals surface area contributed by atoms with Gasteiger partial charge in [-0.1, -0.05) is 0 Å². The fourth-order valence-electron chi connectivity index (χ4n) is 1.57. The summed E-state index contributed by atoms with van der Waals surface area (Å²) in [6, 6.07) is 1.71. The number of carbonyl (C=O) groups excluding carboxylic acids is 1. The summed E-state index contributed by atoms with van der Waals surface area (Å²) in [6.07, 6.45) is 0.211. The molecule has 0 spiro atoms. The number of nitrogens with one attached hydrogen (secondary N) is 1. The van der Waals surface area contributed by atoms with E-state index < -0.39 is 10.0 Å². The number of nitrogens with zero attached hydrogens (tertiary/aromatic N) is 1. The molecule has 1 saturated heterocycles. The number of thiophene rings is 1. The summed E-state index contributed by atoms with van der Waals surface area (Å²) in [5.41, 5.74) is 0. The monoisotopic (exact) mass is 338 g/mol. The first-order valence-electron chi connectivity index (χ1n) is 5.01. The zero-order valence-corrected chi connectivity index (χ0v) is 12.1. The molecule has 0 atom stereocenters. The van der Waals surface area contributed by atoms with E-state index in [0.717, 1.165) is 0 Å². The second-order valence-electron chi connectivity index (χ2n) is 3.56. The van der Waals surface area contributed by atoms with Gasteiger partial charge in [-0.3, -0.25) is 4.79 Å². The molecular formula is C9H11BrN2O3S2. The second-order valence-corrected chi connectivity index (χ2v) is 7.46. The molecular weight excluding hydrogens is 328 g/mol. The summed E-state index contributed by atoms with van der Waals surface area (Å²) in [6.45, 7) is 0.915. The van der Waals surface area contributed by atoms with E-state index in [4.69, 9.17) is 0 Å². The Morgan fingerprint density at radius 2 is 2.18 bits per heavy atom. The van der Waals surface area contributed by atoms with Crippen molar-refractivity contribution in [2.24, 2.45) is 0 Å². The van der Waals surface area contributed by atoms with E-state index >= 15 is 0 Å². The highest BCUT2D eigenvalue weighted by atomic mass is 79.9. The molecule has 2 rings (SSSR count). The molecule has 0 saturated carbocycles. The average molecular weight is 339 g/mol. The Morgan fingerprint density at radius 1 is 1.41 bits per heavy atom. The van der Waals surface area contributed by atoms with E-state index in [1.807, 2.05) is 0 Å². The highest BCUT2D eigenvalue weighted by molar-refractivity contribution is 9.10. The quantitative estimate of drug-likeness (QED) is 0.875. The van der Waals surface area contributed by atoms with E-state index in [9.17, 15) is 13.2 Å². The maximum Gasteiger partial charge on any atom is 0.253 e. The summed E-state index contributed by atoms with van der Waals surface area (Å²) in [7, 11) is -3.48. The zero-order valence-electron chi connectivity index (χ0n) is 8.85. The summed E-state index contributed by atoms with van der Waals surface area (Å²) in [5, 5.41) is 4.37. The lowest BCUT2D eigenvalue weighted by Crippen LogP contribution is -2.34. The Kier molecular flexibility index (Phi) is 3.86. The molecule has 5 nitrogen and oxygen atoms in total. The maximum atomic E-state index is 12.3. The standard InChI is InChI=1S/C9H11BrN2O3S2/c10-7-2-6-16-9(7)17(14,15)12-4-1-8(13)11-3-5-12/h2,6H,1,3-5H2,(H,11,13). The van der Waals surface area contributed by atoms with Gasteiger partial charge in [-0.15, -0.1) is 11.3 Å². The zero-order chi connectivity index (χ0) is 12.5. The fraction of sp³-hybridized carbons (Fsp3) is 0.444. The van der Waals surface area contributed by atoms with Crippen LogP contribution in [-0.2, 0) is 14.8 Å². The van der Waals surface area contributed by atoms with Crippen molar-refractivity contribution in [2.75, 3.05) is 19.6 Å². The van der Waals surface area contributed by atoms with Gasteiger partial charge in [0, 0.05) is 30.5 Å². The number of amides is 1. The predicted molar refractivity (Wildman–Crippen MR) is 68.4 cm³/mol. The van der Waals surface area contributed by atoms with Crippen LogP contribution in [0.4, 0.5) is 0 Å². The molecule has 1 fully saturated rings. The molecule has 94 valence electrons. The SMILES string of the molecule is O=C1CCN(S(=O)(=O)c2sccc2Br)CCN1. The van der Waals surface area contributed by atoms with Gasteiger partial charge in [-0.05, 0) is 27.4 Å². The number of carbonyl (C=O) groups is 1. The molecule has 17 heavy (non-hydrogen) atoms. The van der Waals surface area contributed by atoms with Crippen molar-refractivity contribution in [3.63, 3.8) is 0 Å². The van der Waals surface area contributed by atoms with Crippen molar-refractivity contribution < 1.29 is 13.2 Å². The van der Waals surface area contributed by atoms with Crippen LogP contribution in [0.5, 0.6) is 0 Å². The molecule has 1 aromatic rings. The number of hydrogen-bond acceptors (Lipinski definition) is 4. The molecule has 0 bridgehead atoms. The Hall–Kier alpha value is -0.440. The van der Waals surface area contributed by atoms with Crippen molar-refractivity contribution in [3.05, 3.63) is 15.9 Å². The van der Waals surface area contributed by atoms with Crippen LogP contribution in [0.15, 0.2) is 20.1 Å². The van der Waals surface area contributed by atoms with Crippen LogP contribution in [-0.4, -0.2) is 38.3 Å². The second kappa shape index (κ2) is 5.05. The van der Waals surface area contributed by atoms with Crippen molar-refractivity contribution in [1.29, 1.82) is 0 Å². The molecule has 8 heteroatoms. The van der Waals surface area contributed by atoms with E-state index in [1.54, 1.807) is 11.4 Å². The minimum absolute atomic E-state index is 0.104. The third-order valence-electron chi connectivity index (χ3n) is 2.43. The lowest BCUT2D eigenvalue weighted by atomic mass is 10.4. The van der Waals surface area contributed by atoms with Gasteiger partial charge < -0.3 is 5.32 Å². The van der Waals surface area contributed by atoms with E-state index in [-0.39, 0.29) is 18.9 Å². The molecule has 1 aliphatic rings. The minimum Gasteiger partial charge on any atom is -0.355 e. The Morgan fingerprint density at radius 3 is 2.82 bits per heavy atom. The van der Waals surface area contributed by atoms with Gasteiger partial charge in [0.2, 0.25) is 5.91 Å². The van der Waals surface area contributed by atoms with Crippen molar-refractivity contribution in [2.45, 2.75) is 10.6 Å². The Labute approximate surface area is 112 Å². The summed E-state index contributed by atoms with van der Waals surface area (Å²) >= 11 is 4.40. The van der Waals surface area contributed by atoms with Crippen LogP contribution in [0.25, 0.3) is 0 Å². The maximum absolute atomic E-state index is 12.3. The van der Waals surface area contributed by atoms with E-state index in [0.29, 0.717) is 21.8 Å². The Bertz CT molecular complexity index is 526. The minimum atomic E-state index is -3.48. The van der Waals surface area contributed by atoms with Gasteiger partial charge in [-0.25, -0.2) is 8.42 Å². The van der Waals surface area contributed by atoms with Crippen LogP contribution in [0.1, 0.15) is 6.42 Å². The third kappa shape index (κ3) is 2.70. The van der Waals surface area contributed by atoms with Gasteiger partial charge in [0.25, 0.3) is 10.0 Å². The number of sulfonamides is 1.